The Kier molecular flexibility index (Phi) is 6.24. The lowest BCUT2D eigenvalue weighted by Gasteiger charge is -2.18. The van der Waals surface area contributed by atoms with E-state index < -0.39 is 6.10 Å². The minimum absolute atomic E-state index is 0.180. The van der Waals surface area contributed by atoms with E-state index >= 15 is 0 Å². The fraction of sp³-hybridized carbons (Fsp3) is 0.350. The highest BCUT2D eigenvalue weighted by Crippen LogP contribution is 2.26. The summed E-state index contributed by atoms with van der Waals surface area (Å²) < 4.78 is 11.2. The Labute approximate surface area is 143 Å². The number of carbonyl (C=O) groups is 1. The van der Waals surface area contributed by atoms with Gasteiger partial charge in [-0.3, -0.25) is 4.79 Å². The van der Waals surface area contributed by atoms with E-state index in [4.69, 9.17) is 9.47 Å². The van der Waals surface area contributed by atoms with Crippen LogP contribution in [0.25, 0.3) is 0 Å². The molecule has 2 aromatic carbocycles. The van der Waals surface area contributed by atoms with E-state index in [-0.39, 0.29) is 5.91 Å². The largest absolute Gasteiger partial charge is 0.495 e. The fourth-order valence-electron chi connectivity index (χ4n) is 2.42. The maximum atomic E-state index is 12.6. The Morgan fingerprint density at radius 2 is 1.83 bits per heavy atom. The summed E-state index contributed by atoms with van der Waals surface area (Å²) in [5, 5.41) is 2.91. The number of hydrogen-bond donors (Lipinski definition) is 1. The summed E-state index contributed by atoms with van der Waals surface area (Å²) in [6.45, 7) is 6.00. The highest BCUT2D eigenvalue weighted by Gasteiger charge is 2.20. The molecular weight excluding hydrogens is 302 g/mol. The molecule has 0 saturated heterocycles. The monoisotopic (exact) mass is 327 g/mol. The molecule has 0 fully saturated rings. The van der Waals surface area contributed by atoms with Gasteiger partial charge in [0.2, 0.25) is 0 Å². The van der Waals surface area contributed by atoms with E-state index in [0.29, 0.717) is 23.6 Å². The number of rotatable bonds is 7. The summed E-state index contributed by atoms with van der Waals surface area (Å²) in [5.41, 5.74) is 2.95. The average molecular weight is 327 g/mol. The van der Waals surface area contributed by atoms with Crippen LogP contribution in [-0.2, 0) is 11.2 Å². The normalized spacial score (nSPS) is 11.7. The zero-order valence-electron chi connectivity index (χ0n) is 14.8. The van der Waals surface area contributed by atoms with Gasteiger partial charge in [0, 0.05) is 0 Å². The Bertz CT molecular complexity index is 680. The molecule has 0 aliphatic rings. The minimum atomic E-state index is -0.553. The number of carbonyl (C=O) groups excluding carboxylic acids is 1. The van der Waals surface area contributed by atoms with Crippen molar-refractivity contribution in [1.82, 2.24) is 0 Å². The van der Waals surface area contributed by atoms with E-state index in [1.807, 2.05) is 56.3 Å². The molecule has 2 rings (SSSR count). The molecule has 1 N–H and O–H groups in total. The number of aryl methyl sites for hydroxylation is 2. The van der Waals surface area contributed by atoms with Gasteiger partial charge in [0.05, 0.1) is 12.8 Å². The summed E-state index contributed by atoms with van der Waals surface area (Å²) in [6.07, 6.45) is 1.00. The number of amides is 1. The molecule has 1 atom stereocenters. The number of hydrogen-bond acceptors (Lipinski definition) is 3. The summed E-state index contributed by atoms with van der Waals surface area (Å²) in [4.78, 5) is 12.6. The van der Waals surface area contributed by atoms with Gasteiger partial charge in [-0.25, -0.2) is 0 Å². The molecule has 0 bridgehead atoms. The Balaban J connectivity index is 2.09. The maximum Gasteiger partial charge on any atom is 0.265 e. The van der Waals surface area contributed by atoms with E-state index in [9.17, 15) is 4.79 Å². The first kappa shape index (κ1) is 17.9. The van der Waals surface area contributed by atoms with Gasteiger partial charge in [-0.2, -0.15) is 0 Å². The van der Waals surface area contributed by atoms with Crippen molar-refractivity contribution in [3.8, 4) is 11.5 Å². The zero-order valence-corrected chi connectivity index (χ0v) is 14.8. The maximum absolute atomic E-state index is 12.6. The summed E-state index contributed by atoms with van der Waals surface area (Å²) in [7, 11) is 1.59. The third-order valence-electron chi connectivity index (χ3n) is 3.89. The number of anilines is 1. The highest BCUT2D eigenvalue weighted by atomic mass is 16.5. The van der Waals surface area contributed by atoms with Crippen molar-refractivity contribution in [3.63, 3.8) is 0 Å². The topological polar surface area (TPSA) is 47.6 Å². The zero-order chi connectivity index (χ0) is 17.5. The van der Waals surface area contributed by atoms with Crippen LogP contribution in [0.1, 0.15) is 31.4 Å². The van der Waals surface area contributed by atoms with Crippen molar-refractivity contribution < 1.29 is 14.3 Å². The molecule has 4 nitrogen and oxygen atoms in total. The molecular formula is C20H25NO3. The van der Waals surface area contributed by atoms with E-state index in [1.54, 1.807) is 7.11 Å². The molecule has 4 heteroatoms. The van der Waals surface area contributed by atoms with Crippen molar-refractivity contribution in [1.29, 1.82) is 0 Å². The van der Waals surface area contributed by atoms with Crippen LogP contribution in [-0.4, -0.2) is 19.1 Å². The number of nitrogens with one attached hydrogen (secondary N) is 1. The first-order valence-corrected chi connectivity index (χ1v) is 8.28. The van der Waals surface area contributed by atoms with Crippen molar-refractivity contribution >= 4 is 11.6 Å². The van der Waals surface area contributed by atoms with Crippen molar-refractivity contribution in [3.05, 3.63) is 53.6 Å². The average Bonchev–Trinajstić information content (AvgIpc) is 2.60. The van der Waals surface area contributed by atoms with Crippen LogP contribution >= 0.6 is 0 Å². The SMILES string of the molecule is CCc1ccc(OC(CC)C(=O)Nc2cc(C)ccc2OC)cc1. The van der Waals surface area contributed by atoms with Gasteiger partial charge >= 0.3 is 0 Å². The molecule has 24 heavy (non-hydrogen) atoms. The van der Waals surface area contributed by atoms with Crippen molar-refractivity contribution in [2.24, 2.45) is 0 Å². The van der Waals surface area contributed by atoms with Crippen LogP contribution in [0.4, 0.5) is 5.69 Å². The second-order valence-electron chi connectivity index (χ2n) is 5.71. The van der Waals surface area contributed by atoms with Gasteiger partial charge in [0.25, 0.3) is 5.91 Å². The molecule has 0 saturated carbocycles. The Morgan fingerprint density at radius 3 is 2.42 bits per heavy atom. The predicted molar refractivity (Wildman–Crippen MR) is 96.9 cm³/mol. The smallest absolute Gasteiger partial charge is 0.265 e. The van der Waals surface area contributed by atoms with Crippen molar-refractivity contribution in [2.45, 2.75) is 39.7 Å². The second-order valence-corrected chi connectivity index (χ2v) is 5.71. The van der Waals surface area contributed by atoms with Crippen LogP contribution < -0.4 is 14.8 Å². The molecule has 0 aromatic heterocycles. The van der Waals surface area contributed by atoms with Crippen LogP contribution in [0.5, 0.6) is 11.5 Å². The molecule has 1 unspecified atom stereocenters. The standard InChI is InChI=1S/C20H25NO3/c1-5-15-8-10-16(11-9-15)24-18(6-2)20(22)21-17-13-14(3)7-12-19(17)23-4/h7-13,18H,5-6H2,1-4H3,(H,21,22). The lowest BCUT2D eigenvalue weighted by Crippen LogP contribution is -2.32. The van der Waals surface area contributed by atoms with E-state index in [0.717, 1.165) is 12.0 Å². The first-order valence-electron chi connectivity index (χ1n) is 8.28. The predicted octanol–water partition coefficient (Wildman–Crippen LogP) is 4.36. The highest BCUT2D eigenvalue weighted by molar-refractivity contribution is 5.95. The van der Waals surface area contributed by atoms with Gasteiger partial charge < -0.3 is 14.8 Å². The molecule has 128 valence electrons. The van der Waals surface area contributed by atoms with Gasteiger partial charge in [-0.15, -0.1) is 0 Å². The molecule has 0 radical (unpaired) electrons. The van der Waals surface area contributed by atoms with Crippen LogP contribution in [0, 0.1) is 6.92 Å². The Morgan fingerprint density at radius 1 is 1.12 bits per heavy atom. The third kappa shape index (κ3) is 4.51. The lowest BCUT2D eigenvalue weighted by molar-refractivity contribution is -0.122. The first-order chi connectivity index (χ1) is 11.6. The van der Waals surface area contributed by atoms with Gasteiger partial charge in [0.15, 0.2) is 6.10 Å². The van der Waals surface area contributed by atoms with Crippen molar-refractivity contribution in [2.75, 3.05) is 12.4 Å². The van der Waals surface area contributed by atoms with Crippen LogP contribution in [0.15, 0.2) is 42.5 Å². The molecule has 0 heterocycles. The Hall–Kier alpha value is -2.49. The molecule has 0 aliphatic heterocycles. The van der Waals surface area contributed by atoms with Crippen LogP contribution in [0.3, 0.4) is 0 Å². The molecule has 0 spiro atoms. The van der Waals surface area contributed by atoms with Gasteiger partial charge in [0.1, 0.15) is 11.5 Å². The fourth-order valence-corrected chi connectivity index (χ4v) is 2.42. The molecule has 2 aromatic rings. The second kappa shape index (κ2) is 8.39. The van der Waals surface area contributed by atoms with Crippen LogP contribution in [0.2, 0.25) is 0 Å². The van der Waals surface area contributed by atoms with E-state index in [1.165, 1.54) is 5.56 Å². The number of ether oxygens (including phenoxy) is 2. The van der Waals surface area contributed by atoms with Gasteiger partial charge in [-0.05, 0) is 55.2 Å². The molecule has 1 amide bonds. The lowest BCUT2D eigenvalue weighted by atomic mass is 10.1. The summed E-state index contributed by atoms with van der Waals surface area (Å²) in [6, 6.07) is 13.5. The van der Waals surface area contributed by atoms with E-state index in [2.05, 4.69) is 12.2 Å². The minimum Gasteiger partial charge on any atom is -0.495 e. The number of methoxy groups -OCH3 is 1. The summed E-state index contributed by atoms with van der Waals surface area (Å²) >= 11 is 0. The summed E-state index contributed by atoms with van der Waals surface area (Å²) in [5.74, 6) is 1.16. The number of benzene rings is 2. The molecule has 0 aliphatic carbocycles. The van der Waals surface area contributed by atoms with Gasteiger partial charge in [-0.1, -0.05) is 32.0 Å². The third-order valence-corrected chi connectivity index (χ3v) is 3.89. The quantitative estimate of drug-likeness (QED) is 0.822.